The molecule has 0 aromatic heterocycles. The lowest BCUT2D eigenvalue weighted by atomic mass is 10.2. The van der Waals surface area contributed by atoms with Crippen molar-refractivity contribution in [2.75, 3.05) is 25.1 Å². The van der Waals surface area contributed by atoms with Crippen LogP contribution in [0.2, 0.25) is 5.02 Å². The minimum Gasteiger partial charge on any atom is -0.495 e. The Balaban J connectivity index is 2.61. The summed E-state index contributed by atoms with van der Waals surface area (Å²) in [4.78, 5) is -0.0262. The number of hydrogen-bond donors (Lipinski definition) is 0. The first-order valence-corrected chi connectivity index (χ1v) is 8.86. The van der Waals surface area contributed by atoms with Gasteiger partial charge in [0.15, 0.2) is 0 Å². The second-order valence-electron chi connectivity index (χ2n) is 4.78. The van der Waals surface area contributed by atoms with Crippen molar-refractivity contribution in [3.05, 3.63) is 47.2 Å². The van der Waals surface area contributed by atoms with Crippen LogP contribution in [0.4, 0.5) is 10.1 Å². The van der Waals surface area contributed by atoms with E-state index in [1.807, 2.05) is 0 Å². The Morgan fingerprint density at radius 1 is 1.08 bits per heavy atom. The van der Waals surface area contributed by atoms with Crippen LogP contribution in [0, 0.1) is 5.82 Å². The lowest BCUT2D eigenvalue weighted by Gasteiger charge is -2.25. The predicted octanol–water partition coefficient (Wildman–Crippen LogP) is 3.71. The zero-order valence-electron chi connectivity index (χ0n) is 13.4. The van der Waals surface area contributed by atoms with E-state index >= 15 is 0 Å². The molecule has 2 rings (SSSR count). The summed E-state index contributed by atoms with van der Waals surface area (Å²) in [6.45, 7) is 1.82. The summed E-state index contributed by atoms with van der Waals surface area (Å²) in [6.07, 6.45) is 0. The van der Waals surface area contributed by atoms with Gasteiger partial charge < -0.3 is 9.47 Å². The van der Waals surface area contributed by atoms with Crippen molar-refractivity contribution in [2.24, 2.45) is 0 Å². The van der Waals surface area contributed by atoms with Crippen LogP contribution in [0.3, 0.4) is 0 Å². The van der Waals surface area contributed by atoms with E-state index in [9.17, 15) is 12.8 Å². The summed E-state index contributed by atoms with van der Waals surface area (Å²) in [6, 6.07) is 7.60. The molecular formula is C16H17ClFNO4S. The van der Waals surface area contributed by atoms with Gasteiger partial charge in [-0.15, -0.1) is 0 Å². The number of nitrogens with zero attached hydrogens (tertiary/aromatic N) is 1. The van der Waals surface area contributed by atoms with Crippen molar-refractivity contribution in [1.82, 2.24) is 0 Å². The molecule has 0 aliphatic heterocycles. The monoisotopic (exact) mass is 373 g/mol. The van der Waals surface area contributed by atoms with Crippen LogP contribution < -0.4 is 13.8 Å². The zero-order valence-corrected chi connectivity index (χ0v) is 15.0. The summed E-state index contributed by atoms with van der Waals surface area (Å²) in [5.74, 6) is 0.0938. The molecule has 0 heterocycles. The van der Waals surface area contributed by atoms with Gasteiger partial charge in [-0.1, -0.05) is 11.6 Å². The first-order chi connectivity index (χ1) is 11.3. The van der Waals surface area contributed by atoms with Crippen molar-refractivity contribution in [2.45, 2.75) is 11.8 Å². The summed E-state index contributed by atoms with van der Waals surface area (Å²) < 4.78 is 50.4. The second-order valence-corrected chi connectivity index (χ2v) is 7.05. The van der Waals surface area contributed by atoms with E-state index < -0.39 is 15.8 Å². The smallest absolute Gasteiger partial charge is 0.264 e. The lowest BCUT2D eigenvalue weighted by molar-refractivity contribution is 0.404. The fourth-order valence-electron chi connectivity index (χ4n) is 2.24. The van der Waals surface area contributed by atoms with E-state index in [0.717, 1.165) is 16.4 Å². The first kappa shape index (κ1) is 18.4. The normalized spacial score (nSPS) is 11.2. The molecule has 24 heavy (non-hydrogen) atoms. The molecule has 0 unspecified atom stereocenters. The van der Waals surface area contributed by atoms with Gasteiger partial charge in [-0.05, 0) is 31.2 Å². The highest BCUT2D eigenvalue weighted by Crippen LogP contribution is 2.39. The summed E-state index contributed by atoms with van der Waals surface area (Å²) >= 11 is 6.06. The maximum Gasteiger partial charge on any atom is 0.264 e. The molecule has 5 nitrogen and oxygen atoms in total. The molecule has 0 bridgehead atoms. The molecule has 0 saturated heterocycles. The van der Waals surface area contributed by atoms with Crippen molar-refractivity contribution in [3.63, 3.8) is 0 Å². The van der Waals surface area contributed by atoms with Gasteiger partial charge in [-0.2, -0.15) is 0 Å². The number of halogens is 2. The quantitative estimate of drug-likeness (QED) is 0.774. The van der Waals surface area contributed by atoms with E-state index in [2.05, 4.69) is 0 Å². The number of sulfonamides is 1. The molecule has 0 N–H and O–H groups in total. The number of benzene rings is 2. The van der Waals surface area contributed by atoms with Crippen LogP contribution in [0.1, 0.15) is 6.92 Å². The number of hydrogen-bond acceptors (Lipinski definition) is 4. The highest BCUT2D eigenvalue weighted by atomic mass is 35.5. The minimum atomic E-state index is -3.90. The Hall–Kier alpha value is -1.99. The van der Waals surface area contributed by atoms with Crippen LogP contribution in [-0.2, 0) is 10.0 Å². The van der Waals surface area contributed by atoms with Gasteiger partial charge in [0, 0.05) is 18.7 Å². The Morgan fingerprint density at radius 3 is 2.17 bits per heavy atom. The van der Waals surface area contributed by atoms with E-state index in [4.69, 9.17) is 21.1 Å². The fourth-order valence-corrected chi connectivity index (χ4v) is 3.95. The topological polar surface area (TPSA) is 55.8 Å². The van der Waals surface area contributed by atoms with Crippen molar-refractivity contribution >= 4 is 27.3 Å². The highest BCUT2D eigenvalue weighted by molar-refractivity contribution is 7.92. The van der Waals surface area contributed by atoms with Crippen LogP contribution in [0.5, 0.6) is 11.5 Å². The largest absolute Gasteiger partial charge is 0.495 e. The van der Waals surface area contributed by atoms with Gasteiger partial charge in [0.05, 0.1) is 29.8 Å². The predicted molar refractivity (Wildman–Crippen MR) is 91.2 cm³/mol. The Morgan fingerprint density at radius 2 is 1.67 bits per heavy atom. The van der Waals surface area contributed by atoms with Gasteiger partial charge in [0.2, 0.25) is 0 Å². The zero-order chi connectivity index (χ0) is 17.9. The molecule has 0 atom stereocenters. The molecule has 0 radical (unpaired) electrons. The third-order valence-corrected chi connectivity index (χ3v) is 5.61. The van der Waals surface area contributed by atoms with E-state index in [-0.39, 0.29) is 22.9 Å². The molecule has 2 aromatic rings. The summed E-state index contributed by atoms with van der Waals surface area (Å²) in [5.41, 5.74) is 0.283. The molecule has 2 aromatic carbocycles. The molecule has 0 aliphatic carbocycles. The van der Waals surface area contributed by atoms with Gasteiger partial charge in [-0.3, -0.25) is 4.31 Å². The molecule has 0 fully saturated rings. The SMILES string of the molecule is CCN(c1cc(OC)c(Cl)cc1OC)S(=O)(=O)c1ccc(F)cc1. The molecule has 0 saturated carbocycles. The molecule has 0 aliphatic rings. The van der Waals surface area contributed by atoms with Crippen LogP contribution >= 0.6 is 11.6 Å². The minimum absolute atomic E-state index is 0.0262. The molecule has 0 amide bonds. The third kappa shape index (κ3) is 3.42. The maximum atomic E-state index is 13.1. The van der Waals surface area contributed by atoms with Crippen molar-refractivity contribution < 1.29 is 22.3 Å². The molecule has 130 valence electrons. The number of methoxy groups -OCH3 is 2. The van der Waals surface area contributed by atoms with Gasteiger partial charge >= 0.3 is 0 Å². The number of anilines is 1. The van der Waals surface area contributed by atoms with Gasteiger partial charge in [0.25, 0.3) is 10.0 Å². The number of ether oxygens (including phenoxy) is 2. The van der Waals surface area contributed by atoms with Crippen LogP contribution in [-0.4, -0.2) is 29.2 Å². The highest BCUT2D eigenvalue weighted by Gasteiger charge is 2.27. The second kappa shape index (κ2) is 7.27. The molecule has 0 spiro atoms. The maximum absolute atomic E-state index is 13.1. The fraction of sp³-hybridized carbons (Fsp3) is 0.250. The molecule has 8 heteroatoms. The third-order valence-electron chi connectivity index (χ3n) is 3.41. The van der Waals surface area contributed by atoms with E-state index in [1.165, 1.54) is 38.5 Å². The summed E-state index contributed by atoms with van der Waals surface area (Å²) in [7, 11) is -1.05. The lowest BCUT2D eigenvalue weighted by Crippen LogP contribution is -2.31. The van der Waals surface area contributed by atoms with Gasteiger partial charge in [-0.25, -0.2) is 12.8 Å². The van der Waals surface area contributed by atoms with Crippen molar-refractivity contribution in [3.8, 4) is 11.5 Å². The summed E-state index contributed by atoms with van der Waals surface area (Å²) in [5, 5.41) is 0.299. The van der Waals surface area contributed by atoms with Crippen LogP contribution in [0.25, 0.3) is 0 Å². The standard InChI is InChI=1S/C16H17ClFNO4S/c1-4-19(24(20,21)12-7-5-11(18)6-8-12)14-10-15(22-2)13(17)9-16(14)23-3/h5-10H,4H2,1-3H3. The molecular weight excluding hydrogens is 357 g/mol. The van der Waals surface area contributed by atoms with Crippen LogP contribution in [0.15, 0.2) is 41.3 Å². The van der Waals surface area contributed by atoms with E-state index in [0.29, 0.717) is 10.8 Å². The van der Waals surface area contributed by atoms with Gasteiger partial charge in [0.1, 0.15) is 17.3 Å². The van der Waals surface area contributed by atoms with E-state index in [1.54, 1.807) is 6.92 Å². The Kier molecular flexibility index (Phi) is 5.56. The Labute approximate surface area is 145 Å². The number of rotatable bonds is 6. The first-order valence-electron chi connectivity index (χ1n) is 7.05. The van der Waals surface area contributed by atoms with Crippen molar-refractivity contribution in [1.29, 1.82) is 0 Å². The Bertz CT molecular complexity index is 825. The average molecular weight is 374 g/mol. The average Bonchev–Trinajstić information content (AvgIpc) is 2.56.